The molecule has 0 bridgehead atoms. The van der Waals surface area contributed by atoms with Crippen LogP contribution in [-0.4, -0.2) is 29.6 Å². The van der Waals surface area contributed by atoms with Gasteiger partial charge in [0.25, 0.3) is 5.91 Å². The minimum Gasteiger partial charge on any atom is -0.481 e. The molecule has 1 atom stereocenters. The molecular formula is C21H27NO2S. The highest BCUT2D eigenvalue weighted by Gasteiger charge is 2.16. The molecule has 1 amide bonds. The molecule has 2 aromatic carbocycles. The number of hydrogen-bond acceptors (Lipinski definition) is 3. The van der Waals surface area contributed by atoms with Crippen molar-refractivity contribution in [3.8, 4) is 5.75 Å². The molecule has 25 heavy (non-hydrogen) atoms. The van der Waals surface area contributed by atoms with E-state index in [4.69, 9.17) is 4.74 Å². The van der Waals surface area contributed by atoms with Crippen LogP contribution in [0.3, 0.4) is 0 Å². The van der Waals surface area contributed by atoms with Crippen LogP contribution < -0.4 is 10.1 Å². The van der Waals surface area contributed by atoms with E-state index in [1.165, 1.54) is 37.5 Å². The molecule has 0 heterocycles. The van der Waals surface area contributed by atoms with Crippen molar-refractivity contribution in [3.05, 3.63) is 42.5 Å². The summed E-state index contributed by atoms with van der Waals surface area (Å²) in [6.45, 7) is 2.52. The zero-order valence-corrected chi connectivity index (χ0v) is 15.7. The van der Waals surface area contributed by atoms with Gasteiger partial charge in [0.05, 0.1) is 0 Å². The fourth-order valence-electron chi connectivity index (χ4n) is 3.27. The lowest BCUT2D eigenvalue weighted by Gasteiger charge is -2.21. The second-order valence-electron chi connectivity index (χ2n) is 6.69. The molecule has 0 aliphatic heterocycles. The van der Waals surface area contributed by atoms with E-state index in [1.54, 1.807) is 6.92 Å². The Labute approximate surface area is 154 Å². The second-order valence-corrected chi connectivity index (χ2v) is 8.10. The molecule has 2 aromatic rings. The number of carbonyl (C=O) groups excluding carboxylic acids is 1. The first kappa shape index (κ1) is 18.1. The number of hydrogen-bond donors (Lipinski definition) is 1. The normalized spacial score (nSPS) is 16.5. The molecule has 3 rings (SSSR count). The van der Waals surface area contributed by atoms with E-state index in [9.17, 15) is 4.79 Å². The summed E-state index contributed by atoms with van der Waals surface area (Å²) in [5, 5.41) is 6.08. The van der Waals surface area contributed by atoms with E-state index in [0.29, 0.717) is 6.54 Å². The Morgan fingerprint density at radius 3 is 2.72 bits per heavy atom. The van der Waals surface area contributed by atoms with E-state index < -0.39 is 6.10 Å². The zero-order valence-electron chi connectivity index (χ0n) is 14.9. The summed E-state index contributed by atoms with van der Waals surface area (Å²) >= 11 is 2.00. The summed E-state index contributed by atoms with van der Waals surface area (Å²) in [5.41, 5.74) is 0. The standard InChI is InChI=1S/C21H27NO2S/c1-16(21(23)22-13-14-25-20-9-3-2-4-10-20)24-19-12-11-17-7-5-6-8-18(17)15-19/h5-8,11-12,15-16,20H,2-4,9-10,13-14H2,1H3,(H,22,23). The molecule has 0 aromatic heterocycles. The van der Waals surface area contributed by atoms with Crippen LogP contribution in [0.4, 0.5) is 0 Å². The van der Waals surface area contributed by atoms with Crippen molar-refractivity contribution in [2.75, 3.05) is 12.3 Å². The molecule has 1 fully saturated rings. The first-order chi connectivity index (χ1) is 12.2. The predicted molar refractivity (Wildman–Crippen MR) is 106 cm³/mol. The molecule has 0 spiro atoms. The summed E-state index contributed by atoms with van der Waals surface area (Å²) in [6.07, 6.45) is 6.29. The molecule has 1 aliphatic rings. The number of thioether (sulfide) groups is 1. The van der Waals surface area contributed by atoms with E-state index in [2.05, 4.69) is 17.4 Å². The van der Waals surface area contributed by atoms with E-state index in [-0.39, 0.29) is 5.91 Å². The summed E-state index contributed by atoms with van der Waals surface area (Å²) in [4.78, 5) is 12.2. The maximum Gasteiger partial charge on any atom is 0.260 e. The number of ether oxygens (including phenoxy) is 1. The Hall–Kier alpha value is -1.68. The van der Waals surface area contributed by atoms with Gasteiger partial charge in [-0.15, -0.1) is 0 Å². The Balaban J connectivity index is 1.42. The maximum atomic E-state index is 12.2. The van der Waals surface area contributed by atoms with Crippen molar-refractivity contribution in [3.63, 3.8) is 0 Å². The molecule has 3 nitrogen and oxygen atoms in total. The van der Waals surface area contributed by atoms with Gasteiger partial charge in [0.1, 0.15) is 5.75 Å². The van der Waals surface area contributed by atoms with Gasteiger partial charge < -0.3 is 10.1 Å². The van der Waals surface area contributed by atoms with Crippen molar-refractivity contribution in [1.82, 2.24) is 5.32 Å². The van der Waals surface area contributed by atoms with Gasteiger partial charge >= 0.3 is 0 Å². The monoisotopic (exact) mass is 357 g/mol. The number of fused-ring (bicyclic) bond motifs is 1. The molecule has 1 saturated carbocycles. The van der Waals surface area contributed by atoms with E-state index in [1.807, 2.05) is 42.1 Å². The Morgan fingerprint density at radius 2 is 1.92 bits per heavy atom. The third-order valence-electron chi connectivity index (χ3n) is 4.71. The van der Waals surface area contributed by atoms with E-state index >= 15 is 0 Å². The van der Waals surface area contributed by atoms with E-state index in [0.717, 1.165) is 22.1 Å². The molecule has 1 aliphatic carbocycles. The van der Waals surface area contributed by atoms with Gasteiger partial charge in [-0.2, -0.15) is 11.8 Å². The lowest BCUT2D eigenvalue weighted by Crippen LogP contribution is -2.37. The highest BCUT2D eigenvalue weighted by Crippen LogP contribution is 2.27. The Kier molecular flexibility index (Phi) is 6.62. The smallest absolute Gasteiger partial charge is 0.260 e. The third-order valence-corrected chi connectivity index (χ3v) is 6.09. The first-order valence-electron chi connectivity index (χ1n) is 9.27. The molecule has 0 radical (unpaired) electrons. The van der Waals surface area contributed by atoms with Gasteiger partial charge in [-0.05, 0) is 42.7 Å². The average Bonchev–Trinajstić information content (AvgIpc) is 2.65. The lowest BCUT2D eigenvalue weighted by molar-refractivity contribution is -0.127. The molecule has 4 heteroatoms. The third kappa shape index (κ3) is 5.40. The van der Waals surface area contributed by atoms with Gasteiger partial charge in [-0.25, -0.2) is 0 Å². The number of rotatable bonds is 7. The number of nitrogens with one attached hydrogen (secondary N) is 1. The SMILES string of the molecule is CC(Oc1ccc2ccccc2c1)C(=O)NCCSC1CCCCC1. The summed E-state index contributed by atoms with van der Waals surface area (Å²) in [6, 6.07) is 14.1. The quantitative estimate of drug-likeness (QED) is 0.724. The van der Waals surface area contributed by atoms with Crippen LogP contribution in [0, 0.1) is 0 Å². The van der Waals surface area contributed by atoms with Gasteiger partial charge in [-0.1, -0.05) is 49.6 Å². The Morgan fingerprint density at radius 1 is 1.16 bits per heavy atom. The highest BCUT2D eigenvalue weighted by molar-refractivity contribution is 7.99. The summed E-state index contributed by atoms with van der Waals surface area (Å²) < 4.78 is 5.81. The number of amides is 1. The lowest BCUT2D eigenvalue weighted by atomic mass is 10.0. The van der Waals surface area contributed by atoms with Crippen molar-refractivity contribution < 1.29 is 9.53 Å². The second kappa shape index (κ2) is 9.14. The molecule has 0 saturated heterocycles. The van der Waals surface area contributed by atoms with Crippen LogP contribution in [0.1, 0.15) is 39.0 Å². The zero-order chi connectivity index (χ0) is 17.5. The predicted octanol–water partition coefficient (Wildman–Crippen LogP) is 4.79. The average molecular weight is 358 g/mol. The molecular weight excluding hydrogens is 330 g/mol. The molecule has 1 N–H and O–H groups in total. The van der Waals surface area contributed by atoms with Crippen molar-refractivity contribution in [2.24, 2.45) is 0 Å². The minimum absolute atomic E-state index is 0.0441. The van der Waals surface area contributed by atoms with Crippen LogP contribution in [-0.2, 0) is 4.79 Å². The van der Waals surface area contributed by atoms with Crippen LogP contribution in [0.25, 0.3) is 10.8 Å². The van der Waals surface area contributed by atoms with Gasteiger partial charge in [0.2, 0.25) is 0 Å². The first-order valence-corrected chi connectivity index (χ1v) is 10.3. The fourth-order valence-corrected chi connectivity index (χ4v) is 4.49. The van der Waals surface area contributed by atoms with Gasteiger partial charge in [0, 0.05) is 17.5 Å². The van der Waals surface area contributed by atoms with Crippen molar-refractivity contribution >= 4 is 28.4 Å². The van der Waals surface area contributed by atoms with Gasteiger partial charge in [0.15, 0.2) is 6.10 Å². The summed E-state index contributed by atoms with van der Waals surface area (Å²) in [7, 11) is 0. The van der Waals surface area contributed by atoms with Crippen molar-refractivity contribution in [1.29, 1.82) is 0 Å². The fraction of sp³-hybridized carbons (Fsp3) is 0.476. The number of carbonyl (C=O) groups is 1. The van der Waals surface area contributed by atoms with Gasteiger partial charge in [-0.3, -0.25) is 4.79 Å². The van der Waals surface area contributed by atoms with Crippen molar-refractivity contribution in [2.45, 2.75) is 50.4 Å². The summed E-state index contributed by atoms with van der Waals surface area (Å²) in [5.74, 6) is 1.68. The number of benzene rings is 2. The van der Waals surface area contributed by atoms with Crippen LogP contribution in [0.5, 0.6) is 5.75 Å². The minimum atomic E-state index is -0.485. The topological polar surface area (TPSA) is 38.3 Å². The largest absolute Gasteiger partial charge is 0.481 e. The van der Waals surface area contributed by atoms with Crippen LogP contribution >= 0.6 is 11.8 Å². The highest BCUT2D eigenvalue weighted by atomic mass is 32.2. The maximum absolute atomic E-state index is 12.2. The molecule has 134 valence electrons. The Bertz CT molecular complexity index is 697. The van der Waals surface area contributed by atoms with Crippen LogP contribution in [0.15, 0.2) is 42.5 Å². The molecule has 1 unspecified atom stereocenters. The van der Waals surface area contributed by atoms with Crippen LogP contribution in [0.2, 0.25) is 0 Å².